The minimum atomic E-state index is -2.37. The zero-order chi connectivity index (χ0) is 14.6. The quantitative estimate of drug-likeness (QED) is 0.884. The summed E-state index contributed by atoms with van der Waals surface area (Å²) in [6.07, 6.45) is -2.37. The molecule has 2 nitrogen and oxygen atoms in total. The van der Waals surface area contributed by atoms with E-state index in [-0.39, 0.29) is 12.1 Å². The molecule has 1 rings (SSSR count). The van der Waals surface area contributed by atoms with Gasteiger partial charge >= 0.3 is 0 Å². The van der Waals surface area contributed by atoms with Crippen LogP contribution in [0, 0.1) is 0 Å². The first-order chi connectivity index (χ1) is 8.69. The largest absolute Gasteiger partial charge is 0.368 e. The summed E-state index contributed by atoms with van der Waals surface area (Å²) in [5.74, 6) is 0. The van der Waals surface area contributed by atoms with Crippen LogP contribution in [0.4, 0.5) is 14.5 Å². The molecule has 1 aromatic rings. The van der Waals surface area contributed by atoms with Crippen molar-refractivity contribution in [3.05, 3.63) is 28.8 Å². The fraction of sp³-hybridized carbons (Fsp3) is 0.571. The Labute approximate surface area is 118 Å². The molecule has 0 aliphatic heterocycles. The fourth-order valence-electron chi connectivity index (χ4n) is 1.64. The molecule has 0 unspecified atom stereocenters. The predicted molar refractivity (Wildman–Crippen MR) is 77.3 cm³/mol. The van der Waals surface area contributed by atoms with Gasteiger partial charge in [-0.3, -0.25) is 0 Å². The van der Waals surface area contributed by atoms with Gasteiger partial charge in [-0.2, -0.15) is 0 Å². The van der Waals surface area contributed by atoms with Gasteiger partial charge < -0.3 is 10.2 Å². The van der Waals surface area contributed by atoms with Crippen LogP contribution in [0.3, 0.4) is 0 Å². The van der Waals surface area contributed by atoms with Crippen LogP contribution in [0.25, 0.3) is 0 Å². The number of nitrogens with zero attached hydrogens (tertiary/aromatic N) is 1. The molecule has 0 radical (unpaired) electrons. The topological polar surface area (TPSA) is 15.3 Å². The van der Waals surface area contributed by atoms with Crippen molar-refractivity contribution in [3.63, 3.8) is 0 Å². The zero-order valence-corrected chi connectivity index (χ0v) is 12.6. The van der Waals surface area contributed by atoms with Crippen molar-refractivity contribution in [2.75, 3.05) is 18.5 Å². The third kappa shape index (κ3) is 5.74. The Morgan fingerprint density at radius 2 is 1.95 bits per heavy atom. The van der Waals surface area contributed by atoms with Crippen molar-refractivity contribution in [1.29, 1.82) is 0 Å². The highest BCUT2D eigenvalue weighted by molar-refractivity contribution is 6.33. The summed E-state index contributed by atoms with van der Waals surface area (Å²) in [7, 11) is 1.61. The van der Waals surface area contributed by atoms with Gasteiger partial charge in [0, 0.05) is 19.1 Å². The number of halogens is 3. The number of hydrogen-bond acceptors (Lipinski definition) is 2. The third-order valence-electron chi connectivity index (χ3n) is 2.66. The molecule has 0 atom stereocenters. The van der Waals surface area contributed by atoms with Crippen LogP contribution in [0.15, 0.2) is 18.2 Å². The summed E-state index contributed by atoms with van der Waals surface area (Å²) < 4.78 is 24.7. The molecule has 0 fully saturated rings. The Hall–Kier alpha value is -0.870. The van der Waals surface area contributed by atoms with Crippen LogP contribution in [-0.2, 0) is 6.54 Å². The first-order valence-corrected chi connectivity index (χ1v) is 6.59. The van der Waals surface area contributed by atoms with E-state index in [4.69, 9.17) is 11.6 Å². The van der Waals surface area contributed by atoms with E-state index < -0.39 is 6.43 Å². The first-order valence-electron chi connectivity index (χ1n) is 6.22. The first kappa shape index (κ1) is 16.2. The molecule has 5 heteroatoms. The summed E-state index contributed by atoms with van der Waals surface area (Å²) >= 11 is 6.14. The van der Waals surface area contributed by atoms with E-state index in [1.165, 1.54) is 4.90 Å². The van der Waals surface area contributed by atoms with Gasteiger partial charge in [0.1, 0.15) is 0 Å². The minimum absolute atomic E-state index is 0.0254. The molecule has 1 aromatic carbocycles. The average Bonchev–Trinajstić information content (AvgIpc) is 2.24. The van der Waals surface area contributed by atoms with Crippen molar-refractivity contribution < 1.29 is 8.78 Å². The van der Waals surface area contributed by atoms with E-state index in [0.29, 0.717) is 17.3 Å². The number of hydrogen-bond donors (Lipinski definition) is 1. The van der Waals surface area contributed by atoms with Gasteiger partial charge in [0.25, 0.3) is 6.43 Å². The molecule has 0 saturated carbocycles. The number of benzene rings is 1. The van der Waals surface area contributed by atoms with Crippen LogP contribution >= 0.6 is 11.6 Å². The molecule has 1 N–H and O–H groups in total. The Bertz CT molecular complexity index is 416. The molecule has 0 aromatic heterocycles. The maximum Gasteiger partial charge on any atom is 0.255 e. The molecular formula is C14H21ClF2N2. The minimum Gasteiger partial charge on any atom is -0.368 e. The van der Waals surface area contributed by atoms with Gasteiger partial charge in [0.2, 0.25) is 0 Å². The van der Waals surface area contributed by atoms with E-state index >= 15 is 0 Å². The second kappa shape index (κ2) is 6.53. The van der Waals surface area contributed by atoms with Gasteiger partial charge in [0.05, 0.1) is 17.3 Å². The lowest BCUT2D eigenvalue weighted by Gasteiger charge is -2.22. The van der Waals surface area contributed by atoms with Crippen molar-refractivity contribution in [3.8, 4) is 0 Å². The zero-order valence-electron chi connectivity index (χ0n) is 11.8. The molecule has 19 heavy (non-hydrogen) atoms. The van der Waals surface area contributed by atoms with Gasteiger partial charge in [-0.25, -0.2) is 8.78 Å². The molecule has 0 spiro atoms. The summed E-state index contributed by atoms with van der Waals surface area (Å²) in [5, 5.41) is 3.85. The molecule has 0 amide bonds. The second-order valence-electron chi connectivity index (χ2n) is 5.66. The van der Waals surface area contributed by atoms with Crippen molar-refractivity contribution >= 4 is 17.3 Å². The van der Waals surface area contributed by atoms with E-state index in [1.54, 1.807) is 13.1 Å². The van der Waals surface area contributed by atoms with Crippen LogP contribution in [0.1, 0.15) is 26.3 Å². The van der Waals surface area contributed by atoms with E-state index in [2.05, 4.69) is 26.1 Å². The number of rotatable bonds is 5. The van der Waals surface area contributed by atoms with Gasteiger partial charge in [-0.05, 0) is 38.5 Å². The SMILES string of the molecule is CN(CC(F)F)c1ccc(CNC(C)(C)C)cc1Cl. The fourth-order valence-corrected chi connectivity index (χ4v) is 1.99. The Morgan fingerprint density at radius 3 is 2.42 bits per heavy atom. The smallest absolute Gasteiger partial charge is 0.255 e. The van der Waals surface area contributed by atoms with E-state index in [9.17, 15) is 8.78 Å². The molecule has 0 heterocycles. The highest BCUT2D eigenvalue weighted by atomic mass is 35.5. The van der Waals surface area contributed by atoms with E-state index in [0.717, 1.165) is 5.56 Å². The number of anilines is 1. The van der Waals surface area contributed by atoms with Crippen molar-refractivity contribution in [1.82, 2.24) is 5.32 Å². The summed E-state index contributed by atoms with van der Waals surface area (Å²) in [4.78, 5) is 1.47. The molecular weight excluding hydrogens is 270 g/mol. The van der Waals surface area contributed by atoms with Crippen molar-refractivity contribution in [2.24, 2.45) is 0 Å². The lowest BCUT2D eigenvalue weighted by molar-refractivity contribution is 0.156. The van der Waals surface area contributed by atoms with Crippen LogP contribution < -0.4 is 10.2 Å². The highest BCUT2D eigenvalue weighted by Gasteiger charge is 2.13. The lowest BCUT2D eigenvalue weighted by atomic mass is 10.1. The maximum absolute atomic E-state index is 12.3. The van der Waals surface area contributed by atoms with Crippen LogP contribution in [0.2, 0.25) is 5.02 Å². The highest BCUT2D eigenvalue weighted by Crippen LogP contribution is 2.26. The summed E-state index contributed by atoms with van der Waals surface area (Å²) in [6.45, 7) is 6.62. The van der Waals surface area contributed by atoms with E-state index in [1.807, 2.05) is 12.1 Å². The average molecular weight is 291 g/mol. The monoisotopic (exact) mass is 290 g/mol. The Morgan fingerprint density at radius 1 is 1.32 bits per heavy atom. The second-order valence-corrected chi connectivity index (χ2v) is 6.07. The summed E-state index contributed by atoms with van der Waals surface area (Å²) in [5.41, 5.74) is 1.69. The Kier molecular flexibility index (Phi) is 5.56. The van der Waals surface area contributed by atoms with Gasteiger partial charge in [-0.1, -0.05) is 17.7 Å². The summed E-state index contributed by atoms with van der Waals surface area (Å²) in [6, 6.07) is 5.50. The Balaban J connectivity index is 2.74. The predicted octanol–water partition coefficient (Wildman–Crippen LogP) is 3.93. The standard InChI is InChI=1S/C14H21ClF2N2/c1-14(2,3)18-8-10-5-6-12(11(15)7-10)19(4)9-13(16)17/h5-7,13,18H,8-9H2,1-4H3. The third-order valence-corrected chi connectivity index (χ3v) is 2.96. The maximum atomic E-state index is 12.3. The molecule has 0 saturated heterocycles. The van der Waals surface area contributed by atoms with Crippen LogP contribution in [-0.4, -0.2) is 25.6 Å². The lowest BCUT2D eigenvalue weighted by Crippen LogP contribution is -2.35. The molecule has 0 aliphatic rings. The van der Waals surface area contributed by atoms with Gasteiger partial charge in [0.15, 0.2) is 0 Å². The number of nitrogens with one attached hydrogen (secondary N) is 1. The molecule has 0 aliphatic carbocycles. The normalized spacial score (nSPS) is 12.0. The molecule has 108 valence electrons. The van der Waals surface area contributed by atoms with Crippen molar-refractivity contribution in [2.45, 2.75) is 39.3 Å². The molecule has 0 bridgehead atoms. The number of alkyl halides is 2. The van der Waals surface area contributed by atoms with Crippen LogP contribution in [0.5, 0.6) is 0 Å². The van der Waals surface area contributed by atoms with Gasteiger partial charge in [-0.15, -0.1) is 0 Å².